The number of cyclic esters (lactones) is 1. The lowest BCUT2D eigenvalue weighted by Crippen LogP contribution is -2.67. The van der Waals surface area contributed by atoms with Crippen molar-refractivity contribution in [1.29, 1.82) is 0 Å². The van der Waals surface area contributed by atoms with Crippen LogP contribution in [0.1, 0.15) is 40.0 Å². The fourth-order valence-electron chi connectivity index (χ4n) is 7.37. The second-order valence-corrected chi connectivity index (χ2v) is 9.73. The summed E-state index contributed by atoms with van der Waals surface area (Å²) in [6, 6.07) is 0. The van der Waals surface area contributed by atoms with Crippen molar-refractivity contribution in [2.24, 2.45) is 17.3 Å². The molecule has 3 saturated heterocycles. The number of rotatable bonds is 1. The Morgan fingerprint density at radius 3 is 2.69 bits per heavy atom. The molecule has 7 rings (SSSR count). The van der Waals surface area contributed by atoms with E-state index in [2.05, 4.69) is 6.92 Å². The number of fused-ring (bicyclic) bond motifs is 4. The summed E-state index contributed by atoms with van der Waals surface area (Å²) in [4.78, 5) is 26.1. The molecule has 3 aliphatic carbocycles. The van der Waals surface area contributed by atoms with Crippen LogP contribution >= 0.6 is 0 Å². The van der Waals surface area contributed by atoms with Gasteiger partial charge >= 0.3 is 5.97 Å². The minimum Gasteiger partial charge on any atom is -0.458 e. The molecular formula is C20H22O6. The number of esters is 1. The van der Waals surface area contributed by atoms with Gasteiger partial charge in [0.1, 0.15) is 24.4 Å². The molecule has 8 atom stereocenters. The highest BCUT2D eigenvalue weighted by Gasteiger charge is 3.01. The van der Waals surface area contributed by atoms with Gasteiger partial charge in [-0.1, -0.05) is 20.8 Å². The van der Waals surface area contributed by atoms with Crippen LogP contribution in [0, 0.1) is 17.3 Å². The third kappa shape index (κ3) is 1.10. The number of hydrogen-bond acceptors (Lipinski definition) is 6. The molecule has 0 aromatic heterocycles. The van der Waals surface area contributed by atoms with E-state index in [-0.39, 0.29) is 47.3 Å². The minimum absolute atomic E-state index is 0.0463. The Hall–Kier alpha value is -1.24. The van der Waals surface area contributed by atoms with Crippen LogP contribution in [0.2, 0.25) is 0 Å². The lowest BCUT2D eigenvalue weighted by Gasteiger charge is -2.51. The average molecular weight is 358 g/mol. The van der Waals surface area contributed by atoms with E-state index in [1.807, 2.05) is 13.8 Å². The molecule has 0 amide bonds. The molecule has 0 unspecified atom stereocenters. The maximum atomic E-state index is 13.6. The van der Waals surface area contributed by atoms with Gasteiger partial charge in [0, 0.05) is 16.9 Å². The Labute approximate surface area is 151 Å². The van der Waals surface area contributed by atoms with Crippen molar-refractivity contribution in [3.63, 3.8) is 0 Å². The topological polar surface area (TPSA) is 81.0 Å². The van der Waals surface area contributed by atoms with E-state index >= 15 is 0 Å². The van der Waals surface area contributed by atoms with Crippen LogP contribution in [0.5, 0.6) is 0 Å². The molecule has 6 heteroatoms. The first-order valence-electron chi connectivity index (χ1n) is 9.82. The van der Waals surface area contributed by atoms with Crippen molar-refractivity contribution >= 4 is 11.8 Å². The summed E-state index contributed by atoms with van der Waals surface area (Å²) in [5, 5.41) is 0. The van der Waals surface area contributed by atoms with Gasteiger partial charge < -0.3 is 18.9 Å². The van der Waals surface area contributed by atoms with Crippen molar-refractivity contribution in [1.82, 2.24) is 0 Å². The van der Waals surface area contributed by atoms with Crippen molar-refractivity contribution in [3.05, 3.63) is 11.1 Å². The first kappa shape index (κ1) is 14.8. The standard InChI is InChI=1S/C20H22O6/c1-8(2)18-13(25-18)14-20(26-14)17(3)5-4-9-7-23-15(21)12(9)10(17)6-11-19(20,24-11)16(18)22/h8,10-11,13-14H,4-7H2,1-3H3/t10-,11-,13-,14-,17-,18-,19+,20+/m0/s1. The molecule has 0 N–H and O–H groups in total. The summed E-state index contributed by atoms with van der Waals surface area (Å²) < 4.78 is 24.0. The fraction of sp³-hybridized carbons (Fsp3) is 0.800. The van der Waals surface area contributed by atoms with Gasteiger partial charge in [0.25, 0.3) is 0 Å². The van der Waals surface area contributed by atoms with Gasteiger partial charge in [0.05, 0.1) is 6.10 Å². The van der Waals surface area contributed by atoms with E-state index in [0.29, 0.717) is 13.0 Å². The molecule has 0 radical (unpaired) electrons. The molecule has 0 bridgehead atoms. The van der Waals surface area contributed by atoms with Crippen LogP contribution in [0.15, 0.2) is 11.1 Å². The molecule has 138 valence electrons. The van der Waals surface area contributed by atoms with Crippen LogP contribution in [0.3, 0.4) is 0 Å². The highest BCUT2D eigenvalue weighted by molar-refractivity contribution is 6.05. The van der Waals surface area contributed by atoms with Gasteiger partial charge in [-0.25, -0.2) is 4.79 Å². The zero-order valence-electron chi connectivity index (χ0n) is 15.2. The third-order valence-corrected chi connectivity index (χ3v) is 8.78. The summed E-state index contributed by atoms with van der Waals surface area (Å²) in [5.41, 5.74) is -0.533. The minimum atomic E-state index is -0.860. The van der Waals surface area contributed by atoms with Crippen LogP contribution < -0.4 is 0 Å². The van der Waals surface area contributed by atoms with E-state index in [0.717, 1.165) is 24.0 Å². The number of carbonyl (C=O) groups excluding carboxylic acids is 2. The number of carbonyl (C=O) groups is 2. The molecule has 2 spiro atoms. The molecule has 0 aromatic carbocycles. The number of Topliss-reactive ketones (excluding diaryl/α,β-unsaturated/α-hetero) is 1. The summed E-state index contributed by atoms with van der Waals surface area (Å²) in [6.45, 7) is 6.71. The lowest BCUT2D eigenvalue weighted by atomic mass is 9.47. The van der Waals surface area contributed by atoms with Crippen molar-refractivity contribution in [2.75, 3.05) is 6.61 Å². The van der Waals surface area contributed by atoms with Gasteiger partial charge in [-0.2, -0.15) is 0 Å². The largest absolute Gasteiger partial charge is 0.458 e. The van der Waals surface area contributed by atoms with Crippen LogP contribution in [0.25, 0.3) is 0 Å². The van der Waals surface area contributed by atoms with E-state index < -0.39 is 16.8 Å². The zero-order chi connectivity index (χ0) is 17.9. The van der Waals surface area contributed by atoms with Gasteiger partial charge in [-0.3, -0.25) is 4.79 Å². The Morgan fingerprint density at radius 2 is 1.92 bits per heavy atom. The molecule has 6 nitrogen and oxygen atoms in total. The second-order valence-electron chi connectivity index (χ2n) is 9.73. The molecule has 4 aliphatic heterocycles. The number of hydrogen-bond donors (Lipinski definition) is 0. The third-order valence-electron chi connectivity index (χ3n) is 8.78. The molecule has 7 aliphatic rings. The summed E-state index contributed by atoms with van der Waals surface area (Å²) >= 11 is 0. The molecule has 4 heterocycles. The fourth-order valence-corrected chi connectivity index (χ4v) is 7.37. The molecule has 5 fully saturated rings. The number of ketones is 1. The Morgan fingerprint density at radius 1 is 1.12 bits per heavy atom. The first-order chi connectivity index (χ1) is 12.3. The summed E-state index contributed by atoms with van der Waals surface area (Å²) in [5.74, 6) is 0.0682. The smallest absolute Gasteiger partial charge is 0.334 e. The molecule has 2 saturated carbocycles. The maximum Gasteiger partial charge on any atom is 0.334 e. The molecular weight excluding hydrogens is 336 g/mol. The molecule has 0 aromatic rings. The Balaban J connectivity index is 1.40. The van der Waals surface area contributed by atoms with Crippen molar-refractivity contribution < 1.29 is 28.5 Å². The predicted molar refractivity (Wildman–Crippen MR) is 86.1 cm³/mol. The number of ether oxygens (including phenoxy) is 4. The quantitative estimate of drug-likeness (QED) is 0.519. The van der Waals surface area contributed by atoms with E-state index in [1.54, 1.807) is 0 Å². The predicted octanol–water partition coefficient (Wildman–Crippen LogP) is 1.31. The highest BCUT2D eigenvalue weighted by Crippen LogP contribution is 2.81. The highest BCUT2D eigenvalue weighted by atomic mass is 16.7. The van der Waals surface area contributed by atoms with Crippen molar-refractivity contribution in [3.8, 4) is 0 Å². The monoisotopic (exact) mass is 358 g/mol. The van der Waals surface area contributed by atoms with Gasteiger partial charge in [-0.05, 0) is 30.8 Å². The summed E-state index contributed by atoms with van der Waals surface area (Å²) in [7, 11) is 0. The average Bonchev–Trinajstić information content (AvgIpc) is 3.47. The lowest BCUT2D eigenvalue weighted by molar-refractivity contribution is -0.140. The van der Waals surface area contributed by atoms with E-state index in [4.69, 9.17) is 18.9 Å². The maximum absolute atomic E-state index is 13.6. The SMILES string of the molecule is CC(C)[C@]12O[C@H]1[C@@H]1O[C@@]13[C@@]1(C)CCC4=C(C(=O)OC4)[C@@H]1C[C@@H]1O[C@@]13C2=O. The Bertz CT molecular complexity index is 860. The normalized spacial score (nSPS) is 60.3. The Kier molecular flexibility index (Phi) is 2.10. The summed E-state index contributed by atoms with van der Waals surface area (Å²) in [6.07, 6.45) is 2.01. The zero-order valence-corrected chi connectivity index (χ0v) is 15.2. The van der Waals surface area contributed by atoms with Gasteiger partial charge in [-0.15, -0.1) is 0 Å². The molecule has 26 heavy (non-hydrogen) atoms. The second kappa shape index (κ2) is 3.69. The van der Waals surface area contributed by atoms with E-state index in [1.165, 1.54) is 0 Å². The van der Waals surface area contributed by atoms with Gasteiger partial charge in [0.15, 0.2) is 11.2 Å². The number of epoxide rings is 3. The van der Waals surface area contributed by atoms with Crippen LogP contribution in [0.4, 0.5) is 0 Å². The van der Waals surface area contributed by atoms with Crippen LogP contribution in [-0.4, -0.2) is 53.5 Å². The van der Waals surface area contributed by atoms with Crippen LogP contribution in [-0.2, 0) is 28.5 Å². The van der Waals surface area contributed by atoms with Gasteiger partial charge in [0.2, 0.25) is 5.78 Å². The van der Waals surface area contributed by atoms with Crippen molar-refractivity contribution in [2.45, 2.75) is 75.1 Å². The first-order valence-corrected chi connectivity index (χ1v) is 9.82. The van der Waals surface area contributed by atoms with E-state index in [9.17, 15) is 9.59 Å².